The number of piperazine rings is 1. The lowest BCUT2D eigenvalue weighted by molar-refractivity contribution is -0.192. The van der Waals surface area contributed by atoms with Crippen LogP contribution in [0, 0.1) is 0 Å². The van der Waals surface area contributed by atoms with Crippen molar-refractivity contribution in [2.75, 3.05) is 33.2 Å². The van der Waals surface area contributed by atoms with Gasteiger partial charge in [0.05, 0.1) is 6.42 Å². The molecule has 0 saturated carbocycles. The molecule has 1 aromatic heterocycles. The van der Waals surface area contributed by atoms with Crippen LogP contribution in [0.25, 0.3) is 0 Å². The van der Waals surface area contributed by atoms with Crippen LogP contribution < -0.4 is 0 Å². The highest BCUT2D eigenvalue weighted by atomic mass is 19.4. The van der Waals surface area contributed by atoms with E-state index in [9.17, 15) is 22.8 Å². The van der Waals surface area contributed by atoms with Crippen molar-refractivity contribution in [2.24, 2.45) is 0 Å². The van der Waals surface area contributed by atoms with Crippen LogP contribution >= 0.6 is 0 Å². The van der Waals surface area contributed by atoms with Gasteiger partial charge in [-0.2, -0.15) is 13.2 Å². The van der Waals surface area contributed by atoms with Gasteiger partial charge in [-0.1, -0.05) is 36.4 Å². The fourth-order valence-corrected chi connectivity index (χ4v) is 4.54. The van der Waals surface area contributed by atoms with E-state index in [1.54, 1.807) is 6.20 Å². The number of carboxylic acids is 1. The van der Waals surface area contributed by atoms with Gasteiger partial charge in [0, 0.05) is 51.7 Å². The van der Waals surface area contributed by atoms with Gasteiger partial charge in [0.1, 0.15) is 5.54 Å². The molecule has 8 nitrogen and oxygen atoms in total. The lowest BCUT2D eigenvalue weighted by Gasteiger charge is -2.52. The number of carbonyl (C=O) groups excluding carboxylic acids is 2. The topological polar surface area (TPSA) is 94.0 Å². The molecule has 0 atom stereocenters. The maximum Gasteiger partial charge on any atom is 0.490 e. The number of rotatable bonds is 4. The number of nitrogens with zero attached hydrogens (tertiary/aromatic N) is 4. The fourth-order valence-electron chi connectivity index (χ4n) is 4.54. The van der Waals surface area contributed by atoms with Crippen LogP contribution in [0.4, 0.5) is 13.2 Å². The molecular weight excluding hydrogens is 477 g/mol. The molecule has 0 unspecified atom stereocenters. The average Bonchev–Trinajstić information content (AvgIpc) is 2.86. The number of hydrogen-bond donors (Lipinski definition) is 1. The molecule has 2 fully saturated rings. The summed E-state index contributed by atoms with van der Waals surface area (Å²) < 4.78 is 31.7. The predicted octanol–water partition coefficient (Wildman–Crippen LogP) is 2.59. The van der Waals surface area contributed by atoms with E-state index in [1.807, 2.05) is 53.2 Å². The molecule has 1 aromatic carbocycles. The van der Waals surface area contributed by atoms with E-state index >= 15 is 0 Å². The van der Waals surface area contributed by atoms with Crippen molar-refractivity contribution in [1.82, 2.24) is 19.7 Å². The molecule has 1 N–H and O–H groups in total. The SMILES string of the molecule is CN1CCN(Cc2ccccc2)C2(CCN(C(=O)Cc3ccccn3)CC2)C1=O.O=C(O)C(F)(F)F. The summed E-state index contributed by atoms with van der Waals surface area (Å²) in [6.45, 7) is 3.59. The molecule has 0 radical (unpaired) electrons. The summed E-state index contributed by atoms with van der Waals surface area (Å²) in [6.07, 6.45) is -1.70. The molecule has 2 aromatic rings. The smallest absolute Gasteiger partial charge is 0.475 e. The maximum atomic E-state index is 13.2. The standard InChI is InChI=1S/C23H28N4O2.C2HF3O2/c1-25-15-16-27(18-19-7-3-2-4-8-19)23(22(25)29)10-13-26(14-11-23)21(28)17-20-9-5-6-12-24-20;3-2(4,5)1(6)7/h2-9,12H,10-11,13-18H2,1H3;(H,6,7). The first-order valence-corrected chi connectivity index (χ1v) is 11.6. The number of hydrogen-bond acceptors (Lipinski definition) is 5. The molecule has 2 aliphatic rings. The highest BCUT2D eigenvalue weighted by Crippen LogP contribution is 2.35. The van der Waals surface area contributed by atoms with Crippen molar-refractivity contribution < 1.29 is 32.7 Å². The van der Waals surface area contributed by atoms with Crippen LogP contribution in [-0.2, 0) is 27.3 Å². The molecule has 11 heteroatoms. The van der Waals surface area contributed by atoms with Gasteiger partial charge >= 0.3 is 12.1 Å². The summed E-state index contributed by atoms with van der Waals surface area (Å²) in [6, 6.07) is 16.0. The minimum atomic E-state index is -5.08. The monoisotopic (exact) mass is 506 g/mol. The van der Waals surface area contributed by atoms with Gasteiger partial charge in [0.2, 0.25) is 11.8 Å². The third-order valence-corrected chi connectivity index (χ3v) is 6.52. The van der Waals surface area contributed by atoms with Gasteiger partial charge in [-0.05, 0) is 30.5 Å². The fraction of sp³-hybridized carbons (Fsp3) is 0.440. The second-order valence-electron chi connectivity index (χ2n) is 8.85. The van der Waals surface area contributed by atoms with Crippen molar-refractivity contribution >= 4 is 17.8 Å². The van der Waals surface area contributed by atoms with Crippen LogP contribution in [-0.4, -0.2) is 87.5 Å². The lowest BCUT2D eigenvalue weighted by Crippen LogP contribution is -2.68. The lowest BCUT2D eigenvalue weighted by atomic mass is 9.82. The quantitative estimate of drug-likeness (QED) is 0.685. The molecule has 3 heterocycles. The summed E-state index contributed by atoms with van der Waals surface area (Å²) in [5, 5.41) is 7.12. The molecule has 2 saturated heterocycles. The highest BCUT2D eigenvalue weighted by Gasteiger charge is 2.50. The number of likely N-dealkylation sites (tertiary alicyclic amines) is 1. The molecule has 2 aliphatic heterocycles. The van der Waals surface area contributed by atoms with Crippen molar-refractivity contribution in [3.8, 4) is 0 Å². The predicted molar refractivity (Wildman–Crippen MR) is 125 cm³/mol. The van der Waals surface area contributed by atoms with Crippen LogP contribution in [0.3, 0.4) is 0 Å². The molecule has 2 amide bonds. The average molecular weight is 507 g/mol. The van der Waals surface area contributed by atoms with Crippen LogP contribution in [0.15, 0.2) is 54.7 Å². The first kappa shape index (κ1) is 27.1. The van der Waals surface area contributed by atoms with Gasteiger partial charge in [-0.25, -0.2) is 4.79 Å². The van der Waals surface area contributed by atoms with E-state index in [1.165, 1.54) is 5.56 Å². The highest BCUT2D eigenvalue weighted by molar-refractivity contribution is 5.88. The minimum Gasteiger partial charge on any atom is -0.475 e. The molecule has 4 rings (SSSR count). The van der Waals surface area contributed by atoms with Crippen molar-refractivity contribution in [1.29, 1.82) is 0 Å². The first-order chi connectivity index (χ1) is 17.0. The van der Waals surface area contributed by atoms with Crippen molar-refractivity contribution in [3.63, 3.8) is 0 Å². The number of carbonyl (C=O) groups is 3. The molecule has 194 valence electrons. The number of likely N-dealkylation sites (N-methyl/N-ethyl adjacent to an activating group) is 1. The zero-order valence-electron chi connectivity index (χ0n) is 19.9. The first-order valence-electron chi connectivity index (χ1n) is 11.6. The summed E-state index contributed by atoms with van der Waals surface area (Å²) in [5.74, 6) is -2.48. The number of alkyl halides is 3. The number of piperidine rings is 1. The minimum absolute atomic E-state index is 0.0878. The number of amides is 2. The molecule has 0 aliphatic carbocycles. The van der Waals surface area contributed by atoms with Gasteiger partial charge in [-0.15, -0.1) is 0 Å². The van der Waals surface area contributed by atoms with Crippen molar-refractivity contribution in [3.05, 3.63) is 66.0 Å². The molecular formula is C25H29F3N4O4. The van der Waals surface area contributed by atoms with E-state index in [2.05, 4.69) is 22.0 Å². The number of halogens is 3. The Morgan fingerprint density at radius 2 is 1.61 bits per heavy atom. The zero-order chi connectivity index (χ0) is 26.3. The summed E-state index contributed by atoms with van der Waals surface area (Å²) >= 11 is 0. The maximum absolute atomic E-state index is 13.2. The number of carboxylic acid groups (broad SMARTS) is 1. The van der Waals surface area contributed by atoms with E-state index in [0.717, 1.165) is 25.3 Å². The second-order valence-corrected chi connectivity index (χ2v) is 8.85. The number of aromatic nitrogens is 1. The summed E-state index contributed by atoms with van der Waals surface area (Å²) in [7, 11) is 1.89. The largest absolute Gasteiger partial charge is 0.490 e. The van der Waals surface area contributed by atoms with Gasteiger partial charge < -0.3 is 14.9 Å². The number of aliphatic carboxylic acids is 1. The van der Waals surface area contributed by atoms with Crippen molar-refractivity contribution in [2.45, 2.75) is 37.5 Å². The van der Waals surface area contributed by atoms with E-state index < -0.39 is 17.7 Å². The number of pyridine rings is 1. The van der Waals surface area contributed by atoms with E-state index in [4.69, 9.17) is 9.90 Å². The third-order valence-electron chi connectivity index (χ3n) is 6.52. The van der Waals surface area contributed by atoms with Crippen LogP contribution in [0.5, 0.6) is 0 Å². The third kappa shape index (κ3) is 6.60. The van der Waals surface area contributed by atoms with E-state index in [0.29, 0.717) is 32.4 Å². The van der Waals surface area contributed by atoms with Gasteiger partial charge in [0.25, 0.3) is 0 Å². The Bertz CT molecular complexity index is 1040. The zero-order valence-corrected chi connectivity index (χ0v) is 19.9. The number of benzene rings is 1. The Morgan fingerprint density at radius 1 is 1.00 bits per heavy atom. The molecule has 1 spiro atoms. The van der Waals surface area contributed by atoms with Gasteiger partial charge in [0.15, 0.2) is 0 Å². The Balaban J connectivity index is 0.000000454. The normalized spacial score (nSPS) is 17.9. The Labute approximate surface area is 207 Å². The molecule has 36 heavy (non-hydrogen) atoms. The second kappa shape index (κ2) is 11.5. The Kier molecular flexibility index (Phi) is 8.67. The van der Waals surface area contributed by atoms with Gasteiger partial charge in [-0.3, -0.25) is 19.5 Å². The van der Waals surface area contributed by atoms with E-state index in [-0.39, 0.29) is 11.8 Å². The molecule has 0 bridgehead atoms. The van der Waals surface area contributed by atoms with Crippen LogP contribution in [0.2, 0.25) is 0 Å². The summed E-state index contributed by atoms with van der Waals surface area (Å²) in [5.41, 5.74) is 1.50. The Morgan fingerprint density at radius 3 is 2.17 bits per heavy atom. The summed E-state index contributed by atoms with van der Waals surface area (Å²) in [4.78, 5) is 45.2. The van der Waals surface area contributed by atoms with Crippen LogP contribution in [0.1, 0.15) is 24.1 Å². The Hall–Kier alpha value is -3.47.